The first kappa shape index (κ1) is 14.8. The Morgan fingerprint density at radius 2 is 1.83 bits per heavy atom. The zero-order chi connectivity index (χ0) is 14.0. The fraction of sp³-hybridized carbons (Fsp3) is 0.364. The molecule has 5 nitrogen and oxygen atoms in total. The minimum Gasteiger partial charge on any atom is -0.409 e. The molecule has 1 N–H and O–H groups in total. The Morgan fingerprint density at radius 3 is 2.33 bits per heavy atom. The van der Waals surface area contributed by atoms with E-state index in [1.807, 2.05) is 26.8 Å². The molecule has 0 aliphatic heterocycles. The molecule has 0 aliphatic carbocycles. The van der Waals surface area contributed by atoms with Gasteiger partial charge in [-0.3, -0.25) is 0 Å². The van der Waals surface area contributed by atoms with E-state index in [1.165, 1.54) is 4.72 Å². The maximum absolute atomic E-state index is 11.3. The first-order valence-corrected chi connectivity index (χ1v) is 7.44. The Bertz CT molecular complexity index is 548. The molecule has 0 fully saturated rings. The highest BCUT2D eigenvalue weighted by atomic mass is 35.7. The highest BCUT2D eigenvalue weighted by Crippen LogP contribution is 2.30. The molecule has 0 bridgehead atoms. The lowest BCUT2D eigenvalue weighted by atomic mass is 9.86. The van der Waals surface area contributed by atoms with Crippen molar-refractivity contribution in [2.75, 3.05) is 0 Å². The maximum Gasteiger partial charge on any atom is 0.427 e. The zero-order valence-electron chi connectivity index (χ0n) is 10.2. The van der Waals surface area contributed by atoms with Crippen molar-refractivity contribution in [3.05, 3.63) is 29.8 Å². The van der Waals surface area contributed by atoms with Crippen LogP contribution in [0.1, 0.15) is 26.3 Å². The molecule has 0 saturated carbocycles. The van der Waals surface area contributed by atoms with Gasteiger partial charge in [0.25, 0.3) is 0 Å². The van der Waals surface area contributed by atoms with Crippen LogP contribution in [0.3, 0.4) is 0 Å². The third kappa shape index (κ3) is 4.54. The lowest BCUT2D eigenvalue weighted by molar-refractivity contribution is 0.206. The molecule has 1 aromatic carbocycles. The van der Waals surface area contributed by atoms with Crippen LogP contribution in [0.2, 0.25) is 0 Å². The molecule has 0 radical (unpaired) electrons. The molecule has 100 valence electrons. The van der Waals surface area contributed by atoms with E-state index in [9.17, 15) is 13.2 Å². The van der Waals surface area contributed by atoms with Crippen LogP contribution in [0.4, 0.5) is 4.79 Å². The molecule has 0 aliphatic rings. The Morgan fingerprint density at radius 1 is 1.28 bits per heavy atom. The molecule has 18 heavy (non-hydrogen) atoms. The van der Waals surface area contributed by atoms with Crippen LogP contribution in [0.5, 0.6) is 5.75 Å². The van der Waals surface area contributed by atoms with Crippen molar-refractivity contribution in [3.8, 4) is 5.75 Å². The summed E-state index contributed by atoms with van der Waals surface area (Å²) in [7, 11) is 0.740. The van der Waals surface area contributed by atoms with Crippen molar-refractivity contribution in [2.45, 2.75) is 26.2 Å². The average Bonchev–Trinajstić information content (AvgIpc) is 2.13. The number of carbonyl (C=O) groups is 1. The van der Waals surface area contributed by atoms with Crippen molar-refractivity contribution in [3.63, 3.8) is 0 Å². The maximum atomic E-state index is 11.3. The predicted molar refractivity (Wildman–Crippen MR) is 69.1 cm³/mol. The van der Waals surface area contributed by atoms with Crippen LogP contribution in [0.25, 0.3) is 0 Å². The van der Waals surface area contributed by atoms with E-state index in [-0.39, 0.29) is 5.41 Å². The molecule has 1 aromatic rings. The third-order valence-corrected chi connectivity index (χ3v) is 2.74. The van der Waals surface area contributed by atoms with Crippen LogP contribution in [-0.4, -0.2) is 14.5 Å². The molecular weight excluding hydrogens is 278 g/mol. The number of nitrogens with one attached hydrogen (secondary N) is 1. The standard InChI is InChI=1S/C11H14ClNO4S/c1-11(2,3)8-6-4-5-7-9(8)17-10(14)13-18(12,15)16/h4-7H,1-3H3,(H,13,14). The van der Waals surface area contributed by atoms with Gasteiger partial charge in [0.15, 0.2) is 0 Å². The van der Waals surface area contributed by atoms with Crippen LogP contribution in [-0.2, 0) is 14.7 Å². The molecule has 7 heteroatoms. The van der Waals surface area contributed by atoms with Crippen molar-refractivity contribution < 1.29 is 17.9 Å². The van der Waals surface area contributed by atoms with Crippen LogP contribution in [0.15, 0.2) is 24.3 Å². The van der Waals surface area contributed by atoms with Gasteiger partial charge in [-0.15, -0.1) is 0 Å². The molecule has 0 spiro atoms. The second-order valence-electron chi connectivity index (χ2n) is 4.68. The minimum atomic E-state index is -4.14. The largest absolute Gasteiger partial charge is 0.427 e. The topological polar surface area (TPSA) is 72.5 Å². The van der Waals surface area contributed by atoms with Gasteiger partial charge >= 0.3 is 15.3 Å². The number of hydrogen-bond acceptors (Lipinski definition) is 4. The van der Waals surface area contributed by atoms with Gasteiger partial charge in [-0.05, 0) is 11.5 Å². The minimum absolute atomic E-state index is 0.239. The van der Waals surface area contributed by atoms with Gasteiger partial charge in [-0.1, -0.05) is 39.0 Å². The van der Waals surface area contributed by atoms with Gasteiger partial charge in [0, 0.05) is 16.2 Å². The van der Waals surface area contributed by atoms with Crippen LogP contribution >= 0.6 is 10.7 Å². The summed E-state index contributed by atoms with van der Waals surface area (Å²) < 4.78 is 27.8. The first-order valence-electron chi connectivity index (χ1n) is 5.13. The highest BCUT2D eigenvalue weighted by molar-refractivity contribution is 8.12. The van der Waals surface area contributed by atoms with Gasteiger partial charge in [-0.25, -0.2) is 9.52 Å². The van der Waals surface area contributed by atoms with Gasteiger partial charge in [0.05, 0.1) is 0 Å². The quantitative estimate of drug-likeness (QED) is 0.850. The molecule has 0 saturated heterocycles. The fourth-order valence-corrected chi connectivity index (χ4v) is 1.83. The van der Waals surface area contributed by atoms with Gasteiger partial charge in [-0.2, -0.15) is 8.42 Å². The summed E-state index contributed by atoms with van der Waals surface area (Å²) in [5.74, 6) is 0.294. The van der Waals surface area contributed by atoms with Crippen LogP contribution < -0.4 is 9.46 Å². The molecule has 0 aromatic heterocycles. The SMILES string of the molecule is CC(C)(C)c1ccccc1OC(=O)NS(=O)(=O)Cl. The van der Waals surface area contributed by atoms with E-state index in [2.05, 4.69) is 0 Å². The van der Waals surface area contributed by atoms with Gasteiger partial charge in [0.2, 0.25) is 0 Å². The summed E-state index contributed by atoms with van der Waals surface area (Å²) in [4.78, 5) is 11.3. The highest BCUT2D eigenvalue weighted by Gasteiger charge is 2.21. The van der Waals surface area contributed by atoms with E-state index in [1.54, 1.807) is 18.2 Å². The first-order chi connectivity index (χ1) is 8.09. The monoisotopic (exact) mass is 291 g/mol. The number of ether oxygens (including phenoxy) is 1. The summed E-state index contributed by atoms with van der Waals surface area (Å²) in [6.07, 6.45) is -1.14. The number of amides is 1. The van der Waals surface area contributed by atoms with E-state index in [0.717, 1.165) is 5.56 Å². The average molecular weight is 292 g/mol. The van der Waals surface area contributed by atoms with Crippen molar-refractivity contribution in [2.24, 2.45) is 0 Å². The number of halogens is 1. The van der Waals surface area contributed by atoms with Gasteiger partial charge < -0.3 is 4.74 Å². The number of hydrogen-bond donors (Lipinski definition) is 1. The molecule has 0 heterocycles. The van der Waals surface area contributed by atoms with Crippen LogP contribution in [0, 0.1) is 0 Å². The lowest BCUT2D eigenvalue weighted by Crippen LogP contribution is -2.30. The Labute approximate surface area is 111 Å². The number of carbonyl (C=O) groups excluding carboxylic acids is 1. The molecule has 1 rings (SSSR count). The fourth-order valence-electron chi connectivity index (χ4n) is 1.40. The van der Waals surface area contributed by atoms with E-state index in [0.29, 0.717) is 5.75 Å². The summed E-state index contributed by atoms with van der Waals surface area (Å²) >= 11 is 0. The smallest absolute Gasteiger partial charge is 0.409 e. The lowest BCUT2D eigenvalue weighted by Gasteiger charge is -2.21. The van der Waals surface area contributed by atoms with Crippen molar-refractivity contribution >= 4 is 26.0 Å². The summed E-state index contributed by atoms with van der Waals surface area (Å²) in [6, 6.07) is 6.88. The van der Waals surface area contributed by atoms with Crippen molar-refractivity contribution in [1.82, 2.24) is 4.72 Å². The summed E-state index contributed by atoms with van der Waals surface area (Å²) in [5, 5.41) is 0. The second-order valence-corrected chi connectivity index (χ2v) is 6.97. The normalized spacial score (nSPS) is 12.0. The number of rotatable bonds is 2. The Hall–Kier alpha value is -1.27. The molecular formula is C11H14ClNO4S. The molecule has 0 unspecified atom stereocenters. The zero-order valence-corrected chi connectivity index (χ0v) is 11.8. The number of para-hydroxylation sites is 1. The van der Waals surface area contributed by atoms with Gasteiger partial charge in [0.1, 0.15) is 5.75 Å². The van der Waals surface area contributed by atoms with E-state index < -0.39 is 15.3 Å². The predicted octanol–water partition coefficient (Wildman–Crippen LogP) is 2.56. The van der Waals surface area contributed by atoms with Crippen molar-refractivity contribution in [1.29, 1.82) is 0 Å². The third-order valence-electron chi connectivity index (χ3n) is 2.10. The molecule has 0 atom stereocenters. The number of benzene rings is 1. The summed E-state index contributed by atoms with van der Waals surface area (Å²) in [6.45, 7) is 5.85. The molecule has 1 amide bonds. The van der Waals surface area contributed by atoms with E-state index in [4.69, 9.17) is 15.4 Å². The Balaban J connectivity index is 2.96. The summed E-state index contributed by atoms with van der Waals surface area (Å²) in [5.41, 5.74) is 0.545. The second kappa shape index (κ2) is 5.16. The Kier molecular flexibility index (Phi) is 4.24. The van der Waals surface area contributed by atoms with E-state index >= 15 is 0 Å².